The SMILES string of the molecule is CC/C=C\C/C=C\C/C=C\C/C=C\C/C=C\C/C=C\CCCCCCCOCC(COC1OC(CO)C(O)C(O)C1O)OC(=O)CCCCC. The molecule has 9 heteroatoms. The number of aliphatic hydroxyl groups excluding tert-OH is 4. The largest absolute Gasteiger partial charge is 0.457 e. The second kappa shape index (κ2) is 32.5. The van der Waals surface area contributed by atoms with Crippen LogP contribution in [0.25, 0.3) is 0 Å². The molecule has 1 heterocycles. The van der Waals surface area contributed by atoms with E-state index in [2.05, 4.69) is 86.8 Å². The standard InChI is InChI=1S/C41H68O9/c1-3-5-7-8-9-10-11-12-13-14-15-16-17-18-19-20-21-22-23-24-25-26-27-29-31-47-33-35(49-37(43)30-28-6-4-2)34-48-41-40(46)39(45)38(44)36(32-42)50-41/h5,7,9-10,12-13,15-16,18-19,21-22,35-36,38-42,44-46H,3-4,6,8,11,14,17,20,23-34H2,1-2H3/b7-5-,10-9-,13-12-,16-15-,19-18-,22-21-. The Bertz CT molecular complexity index is 985. The minimum absolute atomic E-state index is 0.125. The van der Waals surface area contributed by atoms with Crippen LogP contribution in [0.4, 0.5) is 0 Å². The van der Waals surface area contributed by atoms with E-state index < -0.39 is 43.4 Å². The number of rotatable bonds is 30. The molecule has 0 saturated carbocycles. The zero-order valence-corrected chi connectivity index (χ0v) is 30.9. The Labute approximate surface area is 302 Å². The number of aliphatic hydroxyl groups is 4. The summed E-state index contributed by atoms with van der Waals surface area (Å²) in [6.45, 7) is 4.18. The van der Waals surface area contributed by atoms with Crippen LogP contribution in [0.2, 0.25) is 0 Å². The van der Waals surface area contributed by atoms with Crippen molar-refractivity contribution in [2.75, 3.05) is 26.4 Å². The van der Waals surface area contributed by atoms with Gasteiger partial charge in [0, 0.05) is 13.0 Å². The van der Waals surface area contributed by atoms with Crippen molar-refractivity contribution >= 4 is 5.97 Å². The normalized spacial score (nSPS) is 22.4. The number of hydrogen-bond acceptors (Lipinski definition) is 9. The summed E-state index contributed by atoms with van der Waals surface area (Å²) in [4.78, 5) is 12.3. The Balaban J connectivity index is 2.16. The Morgan fingerprint density at radius 1 is 0.660 bits per heavy atom. The van der Waals surface area contributed by atoms with Gasteiger partial charge in [-0.1, -0.05) is 119 Å². The van der Waals surface area contributed by atoms with Crippen molar-refractivity contribution < 1.29 is 44.2 Å². The van der Waals surface area contributed by atoms with Gasteiger partial charge in [0.2, 0.25) is 0 Å². The lowest BCUT2D eigenvalue weighted by atomic mass is 9.99. The number of allylic oxidation sites excluding steroid dienone is 12. The number of unbranched alkanes of at least 4 members (excludes halogenated alkanes) is 7. The summed E-state index contributed by atoms with van der Waals surface area (Å²) in [7, 11) is 0. The molecule has 0 radical (unpaired) electrons. The molecule has 0 aromatic heterocycles. The van der Waals surface area contributed by atoms with E-state index in [1.54, 1.807) is 0 Å². The minimum Gasteiger partial charge on any atom is -0.457 e. The number of ether oxygens (including phenoxy) is 4. The van der Waals surface area contributed by atoms with Gasteiger partial charge in [0.25, 0.3) is 0 Å². The summed E-state index contributed by atoms with van der Waals surface area (Å²) in [5.41, 5.74) is 0. The number of esters is 1. The molecule has 0 aromatic rings. The Morgan fingerprint density at radius 2 is 1.22 bits per heavy atom. The zero-order valence-electron chi connectivity index (χ0n) is 30.9. The molecule has 1 aliphatic heterocycles. The van der Waals surface area contributed by atoms with E-state index in [0.717, 1.165) is 96.3 Å². The molecule has 1 saturated heterocycles. The Hall–Kier alpha value is -2.37. The topological polar surface area (TPSA) is 135 Å². The van der Waals surface area contributed by atoms with Crippen molar-refractivity contribution in [3.8, 4) is 0 Å². The molecule has 6 atom stereocenters. The first kappa shape index (κ1) is 45.7. The third-order valence-corrected chi connectivity index (χ3v) is 8.14. The first-order chi connectivity index (χ1) is 24.4. The van der Waals surface area contributed by atoms with E-state index in [-0.39, 0.29) is 19.2 Å². The fourth-order valence-electron chi connectivity index (χ4n) is 5.14. The third kappa shape index (κ3) is 23.9. The van der Waals surface area contributed by atoms with Crippen molar-refractivity contribution in [2.24, 2.45) is 0 Å². The van der Waals surface area contributed by atoms with Crippen LogP contribution in [0.5, 0.6) is 0 Å². The van der Waals surface area contributed by atoms with Gasteiger partial charge in [0.05, 0.1) is 19.8 Å². The van der Waals surface area contributed by atoms with Gasteiger partial charge in [-0.15, -0.1) is 0 Å². The summed E-state index contributed by atoms with van der Waals surface area (Å²) in [5, 5.41) is 39.6. The summed E-state index contributed by atoms with van der Waals surface area (Å²) in [5.74, 6) is -0.351. The minimum atomic E-state index is -1.54. The lowest BCUT2D eigenvalue weighted by molar-refractivity contribution is -0.305. The lowest BCUT2D eigenvalue weighted by Crippen LogP contribution is -2.59. The van der Waals surface area contributed by atoms with E-state index in [9.17, 15) is 25.2 Å². The molecular weight excluding hydrogens is 636 g/mol. The van der Waals surface area contributed by atoms with Crippen LogP contribution in [0, 0.1) is 0 Å². The Kier molecular flexibility index (Phi) is 29.7. The van der Waals surface area contributed by atoms with Gasteiger partial charge in [-0.05, 0) is 64.2 Å². The highest BCUT2D eigenvalue weighted by Crippen LogP contribution is 2.22. The van der Waals surface area contributed by atoms with Gasteiger partial charge in [-0.25, -0.2) is 0 Å². The van der Waals surface area contributed by atoms with Crippen LogP contribution >= 0.6 is 0 Å². The van der Waals surface area contributed by atoms with E-state index >= 15 is 0 Å². The highest BCUT2D eigenvalue weighted by molar-refractivity contribution is 5.69. The predicted octanol–water partition coefficient (Wildman–Crippen LogP) is 7.35. The number of hydrogen-bond donors (Lipinski definition) is 4. The van der Waals surface area contributed by atoms with E-state index in [4.69, 9.17) is 18.9 Å². The van der Waals surface area contributed by atoms with E-state index in [1.165, 1.54) is 0 Å². The van der Waals surface area contributed by atoms with Crippen LogP contribution in [-0.2, 0) is 23.7 Å². The molecule has 0 bridgehead atoms. The van der Waals surface area contributed by atoms with Gasteiger partial charge in [-0.3, -0.25) is 4.79 Å². The van der Waals surface area contributed by atoms with Crippen LogP contribution in [0.15, 0.2) is 72.9 Å². The number of carbonyl (C=O) groups is 1. The second-order valence-electron chi connectivity index (χ2n) is 12.6. The maximum atomic E-state index is 12.3. The molecule has 0 amide bonds. The summed E-state index contributed by atoms with van der Waals surface area (Å²) < 4.78 is 22.4. The third-order valence-electron chi connectivity index (χ3n) is 8.14. The first-order valence-corrected chi connectivity index (χ1v) is 19.0. The molecule has 1 aliphatic rings. The van der Waals surface area contributed by atoms with Crippen LogP contribution in [0.1, 0.15) is 117 Å². The molecule has 1 fully saturated rings. The van der Waals surface area contributed by atoms with Crippen LogP contribution in [-0.4, -0.2) is 89.6 Å². The van der Waals surface area contributed by atoms with Crippen molar-refractivity contribution in [3.05, 3.63) is 72.9 Å². The molecule has 0 spiro atoms. The Morgan fingerprint density at radius 3 is 1.80 bits per heavy atom. The molecule has 1 rings (SSSR count). The van der Waals surface area contributed by atoms with Crippen LogP contribution in [0.3, 0.4) is 0 Å². The zero-order chi connectivity index (χ0) is 36.5. The summed E-state index contributed by atoms with van der Waals surface area (Å²) in [6, 6.07) is 0. The van der Waals surface area contributed by atoms with Gasteiger partial charge < -0.3 is 39.4 Å². The lowest BCUT2D eigenvalue weighted by Gasteiger charge is -2.39. The van der Waals surface area contributed by atoms with E-state index in [0.29, 0.717) is 13.0 Å². The van der Waals surface area contributed by atoms with Crippen LogP contribution < -0.4 is 0 Å². The van der Waals surface area contributed by atoms with Gasteiger partial charge in [0.15, 0.2) is 6.29 Å². The van der Waals surface area contributed by atoms with Crippen molar-refractivity contribution in [1.82, 2.24) is 0 Å². The smallest absolute Gasteiger partial charge is 0.306 e. The maximum Gasteiger partial charge on any atom is 0.306 e. The second-order valence-corrected chi connectivity index (χ2v) is 12.6. The highest BCUT2D eigenvalue weighted by atomic mass is 16.7. The first-order valence-electron chi connectivity index (χ1n) is 19.0. The van der Waals surface area contributed by atoms with E-state index in [1.807, 2.05) is 0 Å². The molecule has 6 unspecified atom stereocenters. The maximum absolute atomic E-state index is 12.3. The van der Waals surface area contributed by atoms with Gasteiger partial charge in [-0.2, -0.15) is 0 Å². The van der Waals surface area contributed by atoms with Crippen molar-refractivity contribution in [3.63, 3.8) is 0 Å². The molecule has 50 heavy (non-hydrogen) atoms. The highest BCUT2D eigenvalue weighted by Gasteiger charge is 2.44. The molecular formula is C41H68O9. The average molecular weight is 705 g/mol. The van der Waals surface area contributed by atoms with Crippen molar-refractivity contribution in [1.29, 1.82) is 0 Å². The molecule has 0 aromatic carbocycles. The molecule has 286 valence electrons. The summed E-state index contributed by atoms with van der Waals surface area (Å²) >= 11 is 0. The predicted molar refractivity (Wildman–Crippen MR) is 200 cm³/mol. The van der Waals surface area contributed by atoms with Gasteiger partial charge >= 0.3 is 5.97 Å². The molecule has 9 nitrogen and oxygen atoms in total. The average Bonchev–Trinajstić information content (AvgIpc) is 3.11. The fourth-order valence-corrected chi connectivity index (χ4v) is 5.14. The number of carbonyl (C=O) groups excluding carboxylic acids is 1. The van der Waals surface area contributed by atoms with Crippen molar-refractivity contribution in [2.45, 2.75) is 153 Å². The monoisotopic (exact) mass is 704 g/mol. The summed E-state index contributed by atoms with van der Waals surface area (Å²) in [6.07, 6.45) is 34.4. The van der Waals surface area contributed by atoms with Gasteiger partial charge in [0.1, 0.15) is 30.5 Å². The quantitative estimate of drug-likeness (QED) is 0.0344. The molecule has 4 N–H and O–H groups in total. The molecule has 0 aliphatic carbocycles. The fraction of sp³-hybridized carbons (Fsp3) is 0.683.